The standard InChI is InChI=1S/C18H20N2O3/c1-12-4-7-14(8-5-12)11-19-17(21)18(22)20-15-10-13(2)6-9-16(15)23-3/h4-10H,11H2,1-3H3,(H,19,21)(H,20,22). The van der Waals surface area contributed by atoms with E-state index >= 15 is 0 Å². The Bertz CT molecular complexity index is 709. The molecular weight excluding hydrogens is 292 g/mol. The molecular formula is C18H20N2O3. The van der Waals surface area contributed by atoms with Crippen LogP contribution in [0.4, 0.5) is 5.69 Å². The first-order valence-electron chi connectivity index (χ1n) is 7.29. The van der Waals surface area contributed by atoms with Crippen LogP contribution >= 0.6 is 0 Å². The lowest BCUT2D eigenvalue weighted by atomic mass is 10.1. The lowest BCUT2D eigenvalue weighted by Crippen LogP contribution is -2.35. The number of carbonyl (C=O) groups is 2. The molecule has 0 aliphatic rings. The molecule has 0 spiro atoms. The monoisotopic (exact) mass is 312 g/mol. The number of ether oxygens (including phenoxy) is 1. The summed E-state index contributed by atoms with van der Waals surface area (Å²) >= 11 is 0. The van der Waals surface area contributed by atoms with Gasteiger partial charge in [0.05, 0.1) is 12.8 Å². The number of carbonyl (C=O) groups excluding carboxylic acids is 2. The predicted octanol–water partition coefficient (Wildman–Crippen LogP) is 2.57. The summed E-state index contributed by atoms with van der Waals surface area (Å²) in [6.07, 6.45) is 0. The molecule has 120 valence electrons. The van der Waals surface area contributed by atoms with Crippen LogP contribution in [0.5, 0.6) is 5.75 Å². The number of amides is 2. The Morgan fingerprint density at radius 2 is 1.61 bits per heavy atom. The number of methoxy groups -OCH3 is 1. The Balaban J connectivity index is 1.96. The first-order chi connectivity index (χ1) is 11.0. The Morgan fingerprint density at radius 3 is 2.26 bits per heavy atom. The van der Waals surface area contributed by atoms with Gasteiger partial charge in [0.15, 0.2) is 0 Å². The molecule has 2 aromatic carbocycles. The van der Waals surface area contributed by atoms with Gasteiger partial charge in [0.2, 0.25) is 0 Å². The topological polar surface area (TPSA) is 67.4 Å². The zero-order valence-corrected chi connectivity index (χ0v) is 13.5. The average Bonchev–Trinajstić information content (AvgIpc) is 2.54. The van der Waals surface area contributed by atoms with Gasteiger partial charge in [0.25, 0.3) is 0 Å². The maximum absolute atomic E-state index is 12.0. The van der Waals surface area contributed by atoms with Gasteiger partial charge in [0.1, 0.15) is 5.75 Å². The highest BCUT2D eigenvalue weighted by molar-refractivity contribution is 6.39. The van der Waals surface area contributed by atoms with Crippen LogP contribution in [0.25, 0.3) is 0 Å². The van der Waals surface area contributed by atoms with Gasteiger partial charge in [-0.25, -0.2) is 0 Å². The number of anilines is 1. The van der Waals surface area contributed by atoms with Crippen molar-refractivity contribution in [3.63, 3.8) is 0 Å². The average molecular weight is 312 g/mol. The second-order valence-corrected chi connectivity index (χ2v) is 5.33. The van der Waals surface area contributed by atoms with E-state index in [4.69, 9.17) is 4.74 Å². The van der Waals surface area contributed by atoms with Gasteiger partial charge >= 0.3 is 11.8 Å². The van der Waals surface area contributed by atoms with E-state index in [2.05, 4.69) is 10.6 Å². The fourth-order valence-corrected chi connectivity index (χ4v) is 2.07. The van der Waals surface area contributed by atoms with E-state index in [1.807, 2.05) is 44.2 Å². The number of hydrogen-bond acceptors (Lipinski definition) is 3. The second-order valence-electron chi connectivity index (χ2n) is 5.33. The minimum Gasteiger partial charge on any atom is -0.495 e. The van der Waals surface area contributed by atoms with Crippen LogP contribution < -0.4 is 15.4 Å². The van der Waals surface area contributed by atoms with Crippen molar-refractivity contribution in [3.8, 4) is 5.75 Å². The van der Waals surface area contributed by atoms with Crippen LogP contribution in [0, 0.1) is 13.8 Å². The molecule has 0 aliphatic carbocycles. The lowest BCUT2D eigenvalue weighted by Gasteiger charge is -2.11. The van der Waals surface area contributed by atoms with Crippen molar-refractivity contribution in [3.05, 3.63) is 59.2 Å². The fraction of sp³-hybridized carbons (Fsp3) is 0.222. The van der Waals surface area contributed by atoms with E-state index in [9.17, 15) is 9.59 Å². The third-order valence-corrected chi connectivity index (χ3v) is 3.38. The summed E-state index contributed by atoms with van der Waals surface area (Å²) in [7, 11) is 1.51. The van der Waals surface area contributed by atoms with Gasteiger partial charge in [-0.2, -0.15) is 0 Å². The molecule has 0 radical (unpaired) electrons. The molecule has 0 aromatic heterocycles. The number of rotatable bonds is 4. The van der Waals surface area contributed by atoms with Crippen LogP contribution in [0.2, 0.25) is 0 Å². The molecule has 0 aliphatic heterocycles. The van der Waals surface area contributed by atoms with E-state index in [0.717, 1.165) is 16.7 Å². The zero-order valence-electron chi connectivity index (χ0n) is 13.5. The molecule has 2 amide bonds. The van der Waals surface area contributed by atoms with Crippen LogP contribution in [0.15, 0.2) is 42.5 Å². The third-order valence-electron chi connectivity index (χ3n) is 3.38. The molecule has 2 N–H and O–H groups in total. The molecule has 0 atom stereocenters. The molecule has 0 saturated heterocycles. The van der Waals surface area contributed by atoms with E-state index in [1.165, 1.54) is 7.11 Å². The Hall–Kier alpha value is -2.82. The van der Waals surface area contributed by atoms with Crippen LogP contribution in [0.3, 0.4) is 0 Å². The van der Waals surface area contributed by atoms with Crippen LogP contribution in [-0.2, 0) is 16.1 Å². The molecule has 5 heteroatoms. The molecule has 0 fully saturated rings. The molecule has 2 aromatic rings. The SMILES string of the molecule is COc1ccc(C)cc1NC(=O)C(=O)NCc1ccc(C)cc1. The first kappa shape index (κ1) is 16.5. The molecule has 0 unspecified atom stereocenters. The van der Waals surface area contributed by atoms with E-state index in [-0.39, 0.29) is 0 Å². The van der Waals surface area contributed by atoms with Crippen molar-refractivity contribution < 1.29 is 14.3 Å². The predicted molar refractivity (Wildman–Crippen MR) is 89.4 cm³/mol. The number of nitrogens with one attached hydrogen (secondary N) is 2. The van der Waals surface area contributed by atoms with Gasteiger partial charge < -0.3 is 15.4 Å². The highest BCUT2D eigenvalue weighted by atomic mass is 16.5. The summed E-state index contributed by atoms with van der Waals surface area (Å²) in [5.41, 5.74) is 3.51. The summed E-state index contributed by atoms with van der Waals surface area (Å²) < 4.78 is 5.18. The Labute approximate surface area is 135 Å². The van der Waals surface area contributed by atoms with Gasteiger partial charge in [-0.3, -0.25) is 9.59 Å². The lowest BCUT2D eigenvalue weighted by molar-refractivity contribution is -0.136. The van der Waals surface area contributed by atoms with Gasteiger partial charge in [-0.15, -0.1) is 0 Å². The first-order valence-corrected chi connectivity index (χ1v) is 7.29. The fourth-order valence-electron chi connectivity index (χ4n) is 2.07. The van der Waals surface area contributed by atoms with E-state index in [0.29, 0.717) is 18.0 Å². The zero-order chi connectivity index (χ0) is 16.8. The summed E-state index contributed by atoms with van der Waals surface area (Å²) in [5.74, 6) is -0.898. The van der Waals surface area contributed by atoms with Gasteiger partial charge in [-0.05, 0) is 37.1 Å². The molecule has 2 rings (SSSR count). The van der Waals surface area contributed by atoms with Crippen molar-refractivity contribution in [1.29, 1.82) is 0 Å². The van der Waals surface area contributed by atoms with Gasteiger partial charge in [-0.1, -0.05) is 35.9 Å². The van der Waals surface area contributed by atoms with Crippen molar-refractivity contribution >= 4 is 17.5 Å². The number of aryl methyl sites for hydroxylation is 2. The Kier molecular flexibility index (Phi) is 5.36. The normalized spacial score (nSPS) is 10.0. The minimum absolute atomic E-state index is 0.303. The summed E-state index contributed by atoms with van der Waals surface area (Å²) in [5, 5.41) is 5.17. The van der Waals surface area contributed by atoms with Crippen LogP contribution in [0.1, 0.15) is 16.7 Å². The van der Waals surface area contributed by atoms with Crippen molar-refractivity contribution in [1.82, 2.24) is 5.32 Å². The summed E-state index contributed by atoms with van der Waals surface area (Å²) in [6.45, 7) is 4.19. The maximum Gasteiger partial charge on any atom is 0.313 e. The largest absolute Gasteiger partial charge is 0.495 e. The third kappa shape index (κ3) is 4.57. The molecule has 23 heavy (non-hydrogen) atoms. The quantitative estimate of drug-likeness (QED) is 0.853. The highest BCUT2D eigenvalue weighted by Gasteiger charge is 2.15. The maximum atomic E-state index is 12.0. The summed E-state index contributed by atoms with van der Waals surface area (Å²) in [6, 6.07) is 13.1. The van der Waals surface area contributed by atoms with E-state index < -0.39 is 11.8 Å². The molecule has 0 saturated carbocycles. The van der Waals surface area contributed by atoms with Gasteiger partial charge in [0, 0.05) is 6.54 Å². The smallest absolute Gasteiger partial charge is 0.313 e. The van der Waals surface area contributed by atoms with Crippen molar-refractivity contribution in [2.45, 2.75) is 20.4 Å². The minimum atomic E-state index is -0.721. The van der Waals surface area contributed by atoms with Crippen molar-refractivity contribution in [2.24, 2.45) is 0 Å². The van der Waals surface area contributed by atoms with E-state index in [1.54, 1.807) is 12.1 Å². The molecule has 0 bridgehead atoms. The molecule has 5 nitrogen and oxygen atoms in total. The van der Waals surface area contributed by atoms with Crippen LogP contribution in [-0.4, -0.2) is 18.9 Å². The second kappa shape index (κ2) is 7.45. The summed E-state index contributed by atoms with van der Waals surface area (Å²) in [4.78, 5) is 23.9. The van der Waals surface area contributed by atoms with Crippen molar-refractivity contribution in [2.75, 3.05) is 12.4 Å². The number of benzene rings is 2. The number of hydrogen-bond donors (Lipinski definition) is 2. The Morgan fingerprint density at radius 1 is 0.957 bits per heavy atom. The highest BCUT2D eigenvalue weighted by Crippen LogP contribution is 2.24. The molecule has 0 heterocycles.